The van der Waals surface area contributed by atoms with Crippen molar-refractivity contribution in [1.82, 2.24) is 0 Å². The second-order valence-electron chi connectivity index (χ2n) is 4.06. The van der Waals surface area contributed by atoms with Crippen LogP contribution in [0.5, 0.6) is 0 Å². The van der Waals surface area contributed by atoms with Crippen LogP contribution in [0.4, 0.5) is 0 Å². The van der Waals surface area contributed by atoms with Crippen LogP contribution in [-0.4, -0.2) is 10.2 Å². The molecular weight excluding hydrogens is 336 g/mol. The van der Waals surface area contributed by atoms with Crippen molar-refractivity contribution < 1.29 is 41.5 Å². The Labute approximate surface area is 144 Å². The molecule has 23 heavy (non-hydrogen) atoms. The number of hydrogen-bond acceptors (Lipinski definition) is 2. The van der Waals surface area contributed by atoms with E-state index in [-0.39, 0.29) is 17.4 Å². The minimum atomic E-state index is -0.828. The fourth-order valence-electron chi connectivity index (χ4n) is 2.34. The SMILES string of the molecule is O[C@H]1c2ccccc2-c2ccccc2[C@@H]1O.[C-]#[O+].[C-]#[O+].[C-]#[O+].[Cr]. The predicted octanol–water partition coefficient (Wildman–Crippen LogP) is 2.32. The van der Waals surface area contributed by atoms with Gasteiger partial charge in [-0.15, -0.1) is 0 Å². The predicted molar refractivity (Wildman–Crippen MR) is 73.6 cm³/mol. The molecule has 2 aromatic carbocycles. The average molecular weight is 348 g/mol. The van der Waals surface area contributed by atoms with E-state index >= 15 is 0 Å². The van der Waals surface area contributed by atoms with Crippen molar-refractivity contribution in [3.63, 3.8) is 0 Å². The average Bonchev–Trinajstić information content (AvgIpc) is 2.65. The molecule has 0 bridgehead atoms. The molecule has 0 unspecified atom stereocenters. The van der Waals surface area contributed by atoms with Crippen LogP contribution in [0.15, 0.2) is 48.5 Å². The molecule has 2 aromatic rings. The molecule has 2 N–H and O–H groups in total. The smallest absolute Gasteiger partial charge is 0 e. The van der Waals surface area contributed by atoms with E-state index in [0.29, 0.717) is 0 Å². The van der Waals surface area contributed by atoms with Crippen LogP contribution in [0.3, 0.4) is 0 Å². The third-order valence-electron chi connectivity index (χ3n) is 3.15. The zero-order valence-electron chi connectivity index (χ0n) is 11.8. The molecule has 0 amide bonds. The Bertz CT molecular complexity index is 600. The van der Waals surface area contributed by atoms with E-state index in [0.717, 1.165) is 22.3 Å². The molecular formula is C17H12CrO5. The van der Waals surface area contributed by atoms with Gasteiger partial charge < -0.3 is 10.2 Å². The van der Waals surface area contributed by atoms with Gasteiger partial charge in [0.25, 0.3) is 0 Å². The second-order valence-corrected chi connectivity index (χ2v) is 4.06. The zero-order chi connectivity index (χ0) is 17.1. The van der Waals surface area contributed by atoms with Crippen molar-refractivity contribution >= 4 is 0 Å². The quantitative estimate of drug-likeness (QED) is 0.564. The van der Waals surface area contributed by atoms with E-state index in [1.165, 1.54) is 0 Å². The van der Waals surface area contributed by atoms with Crippen LogP contribution in [-0.2, 0) is 31.3 Å². The molecule has 0 spiro atoms. The fraction of sp³-hybridized carbons (Fsp3) is 0.118. The van der Waals surface area contributed by atoms with Crippen LogP contribution in [0.25, 0.3) is 11.1 Å². The van der Waals surface area contributed by atoms with Crippen LogP contribution in [0, 0.1) is 20.0 Å². The summed E-state index contributed by atoms with van der Waals surface area (Å²) in [4.78, 5) is 0. The Morgan fingerprint density at radius 3 is 1.17 bits per heavy atom. The Balaban J connectivity index is 0. The summed E-state index contributed by atoms with van der Waals surface area (Å²) in [5.74, 6) is 0. The first-order chi connectivity index (χ1) is 10.8. The molecule has 3 rings (SSSR count). The number of hydrogen-bond donors (Lipinski definition) is 2. The maximum atomic E-state index is 10.0. The van der Waals surface area contributed by atoms with Gasteiger partial charge in [0.1, 0.15) is 12.2 Å². The van der Waals surface area contributed by atoms with Crippen molar-refractivity contribution in [3.05, 3.63) is 79.6 Å². The molecule has 0 aliphatic heterocycles. The molecule has 1 aliphatic rings. The number of benzene rings is 2. The molecule has 5 nitrogen and oxygen atoms in total. The summed E-state index contributed by atoms with van der Waals surface area (Å²) in [5, 5.41) is 20.1. The van der Waals surface area contributed by atoms with E-state index in [9.17, 15) is 10.2 Å². The van der Waals surface area contributed by atoms with Gasteiger partial charge in [-0.2, -0.15) is 0 Å². The van der Waals surface area contributed by atoms with Crippen molar-refractivity contribution in [2.45, 2.75) is 12.2 Å². The van der Waals surface area contributed by atoms with E-state index in [2.05, 4.69) is 20.0 Å². The van der Waals surface area contributed by atoms with Gasteiger partial charge in [0.15, 0.2) is 0 Å². The minimum absolute atomic E-state index is 0. The van der Waals surface area contributed by atoms with Gasteiger partial charge in [-0.25, -0.2) is 0 Å². The molecule has 0 fully saturated rings. The normalized spacial score (nSPS) is 15.8. The van der Waals surface area contributed by atoms with Gasteiger partial charge in [-0.05, 0) is 22.3 Å². The van der Waals surface area contributed by atoms with Gasteiger partial charge >= 0.3 is 33.9 Å². The molecule has 0 saturated carbocycles. The Kier molecular flexibility index (Phi) is 12.8. The molecule has 0 saturated heterocycles. The maximum absolute atomic E-state index is 10.0. The monoisotopic (exact) mass is 348 g/mol. The first kappa shape index (κ1) is 23.4. The van der Waals surface area contributed by atoms with E-state index < -0.39 is 12.2 Å². The van der Waals surface area contributed by atoms with Crippen molar-refractivity contribution in [2.75, 3.05) is 0 Å². The van der Waals surface area contributed by atoms with E-state index in [1.54, 1.807) is 0 Å². The fourth-order valence-corrected chi connectivity index (χ4v) is 2.34. The van der Waals surface area contributed by atoms with Gasteiger partial charge in [0.2, 0.25) is 0 Å². The number of fused-ring (bicyclic) bond motifs is 3. The molecule has 0 aromatic heterocycles. The van der Waals surface area contributed by atoms with Crippen LogP contribution < -0.4 is 0 Å². The molecule has 0 radical (unpaired) electrons. The zero-order valence-corrected chi connectivity index (χ0v) is 13.1. The topological polar surface area (TPSA) is 100 Å². The van der Waals surface area contributed by atoms with Crippen molar-refractivity contribution in [1.29, 1.82) is 0 Å². The summed E-state index contributed by atoms with van der Waals surface area (Å²) in [6.07, 6.45) is -1.66. The third-order valence-corrected chi connectivity index (χ3v) is 3.15. The van der Waals surface area contributed by atoms with Crippen LogP contribution in [0.1, 0.15) is 23.3 Å². The van der Waals surface area contributed by atoms with Gasteiger partial charge in [0.05, 0.1) is 0 Å². The standard InChI is InChI=1S/C14H12O2.3CO.Cr/c15-13-11-7-3-1-5-9(11)10-6-2-4-8-12(10)14(13)16;3*1-2;/h1-8,13-16H;;;;/t13-,14-;;;;/m0..../s1. The number of aliphatic hydroxyl groups is 2. The molecule has 6 heteroatoms. The van der Waals surface area contributed by atoms with E-state index in [4.69, 9.17) is 14.0 Å². The second kappa shape index (κ2) is 12.6. The third kappa shape index (κ3) is 5.06. The number of aliphatic hydroxyl groups excluding tert-OH is 2. The summed E-state index contributed by atoms with van der Waals surface area (Å²) in [6, 6.07) is 15.3. The Morgan fingerprint density at radius 2 is 0.870 bits per heavy atom. The summed E-state index contributed by atoms with van der Waals surface area (Å²) in [5.41, 5.74) is 3.62. The molecule has 0 heterocycles. The molecule has 1 aliphatic carbocycles. The van der Waals surface area contributed by atoms with Crippen LogP contribution >= 0.6 is 0 Å². The van der Waals surface area contributed by atoms with Gasteiger partial charge in [0, 0.05) is 17.4 Å². The van der Waals surface area contributed by atoms with Crippen LogP contribution in [0.2, 0.25) is 0 Å². The Morgan fingerprint density at radius 1 is 0.609 bits per heavy atom. The van der Waals surface area contributed by atoms with Gasteiger partial charge in [-0.3, -0.25) is 0 Å². The molecule has 2 atom stereocenters. The molecule has 116 valence electrons. The minimum Gasteiger partial charge on any atom is 0 e. The Hall–Kier alpha value is -1.89. The van der Waals surface area contributed by atoms with Crippen molar-refractivity contribution in [2.24, 2.45) is 0 Å². The summed E-state index contributed by atoms with van der Waals surface area (Å²) >= 11 is 0. The first-order valence-electron chi connectivity index (χ1n) is 5.94. The number of rotatable bonds is 0. The van der Waals surface area contributed by atoms with E-state index in [1.807, 2.05) is 48.5 Å². The largest absolute Gasteiger partial charge is 0 e. The maximum Gasteiger partial charge on any atom is 0 e. The summed E-state index contributed by atoms with van der Waals surface area (Å²) < 4.78 is 22.5. The van der Waals surface area contributed by atoms with Crippen molar-refractivity contribution in [3.8, 4) is 11.1 Å². The summed E-state index contributed by atoms with van der Waals surface area (Å²) in [6.45, 7) is 13.5. The first-order valence-corrected chi connectivity index (χ1v) is 5.94. The summed E-state index contributed by atoms with van der Waals surface area (Å²) in [7, 11) is 0. The van der Waals surface area contributed by atoms with Gasteiger partial charge in [-0.1, -0.05) is 48.5 Å².